The fourth-order valence-corrected chi connectivity index (χ4v) is 2.10. The molecule has 0 N–H and O–H groups in total. The van der Waals surface area contributed by atoms with Crippen molar-refractivity contribution in [1.82, 2.24) is 0 Å². The van der Waals surface area contributed by atoms with Gasteiger partial charge in [0.25, 0.3) is 0 Å². The first-order valence-electron chi connectivity index (χ1n) is 7.44. The maximum Gasteiger partial charge on any atom is 0.0691 e. The Morgan fingerprint density at radius 3 is 2.00 bits per heavy atom. The summed E-state index contributed by atoms with van der Waals surface area (Å²) in [5.74, 6) is 0. The van der Waals surface area contributed by atoms with E-state index in [1.807, 2.05) is 27.7 Å². The van der Waals surface area contributed by atoms with Crippen molar-refractivity contribution in [2.45, 2.75) is 41.5 Å². The normalized spacial score (nSPS) is 13.7. The molecule has 0 aromatic heterocycles. The van der Waals surface area contributed by atoms with Gasteiger partial charge in [-0.1, -0.05) is 37.4 Å². The number of rotatable bonds is 5. The quantitative estimate of drug-likeness (QED) is 0.477. The lowest BCUT2D eigenvalue weighted by molar-refractivity contribution is 1.23. The van der Waals surface area contributed by atoms with Crippen LogP contribution in [-0.4, -0.2) is 11.4 Å². The van der Waals surface area contributed by atoms with Crippen LogP contribution in [0.1, 0.15) is 38.8 Å². The summed E-state index contributed by atoms with van der Waals surface area (Å²) in [4.78, 5) is 9.46. The molecule has 0 saturated carbocycles. The zero-order valence-corrected chi connectivity index (χ0v) is 14.6. The highest BCUT2D eigenvalue weighted by atomic mass is 14.8. The minimum atomic E-state index is 0.878. The van der Waals surface area contributed by atoms with Gasteiger partial charge in [0.15, 0.2) is 0 Å². The fourth-order valence-electron chi connectivity index (χ4n) is 2.10. The summed E-state index contributed by atoms with van der Waals surface area (Å²) in [5, 5.41) is 0. The number of para-hydroxylation sites is 1. The van der Waals surface area contributed by atoms with E-state index in [0.717, 1.165) is 34.0 Å². The van der Waals surface area contributed by atoms with E-state index in [1.165, 1.54) is 11.1 Å². The summed E-state index contributed by atoms with van der Waals surface area (Å²) in [7, 11) is 0. The molecule has 0 heterocycles. The van der Waals surface area contributed by atoms with Crippen LogP contribution in [0.5, 0.6) is 0 Å². The van der Waals surface area contributed by atoms with Gasteiger partial charge in [0.2, 0.25) is 0 Å². The van der Waals surface area contributed by atoms with Gasteiger partial charge < -0.3 is 0 Å². The van der Waals surface area contributed by atoms with Crippen LogP contribution in [0.4, 0.5) is 5.69 Å². The van der Waals surface area contributed by atoms with Crippen LogP contribution in [0.3, 0.4) is 0 Å². The van der Waals surface area contributed by atoms with Crippen LogP contribution in [0, 0.1) is 13.8 Å². The average molecular weight is 294 g/mol. The second kappa shape index (κ2) is 7.69. The average Bonchev–Trinajstić information content (AvgIpc) is 2.47. The summed E-state index contributed by atoms with van der Waals surface area (Å²) in [5.41, 5.74) is 7.99. The maximum absolute atomic E-state index is 4.76. The monoisotopic (exact) mass is 294 g/mol. The lowest BCUT2D eigenvalue weighted by Crippen LogP contribution is -2.07. The largest absolute Gasteiger partial charge is 0.251 e. The molecule has 0 aliphatic carbocycles. The Hall–Kier alpha value is -2.22. The van der Waals surface area contributed by atoms with E-state index in [-0.39, 0.29) is 0 Å². The Bertz CT molecular complexity index is 665. The third kappa shape index (κ3) is 4.39. The molecular weight excluding hydrogens is 268 g/mol. The van der Waals surface area contributed by atoms with Gasteiger partial charge in [-0.3, -0.25) is 9.98 Å². The third-order valence-electron chi connectivity index (χ3n) is 3.61. The van der Waals surface area contributed by atoms with E-state index in [9.17, 15) is 0 Å². The molecule has 116 valence electrons. The van der Waals surface area contributed by atoms with Crippen LogP contribution in [0.15, 0.2) is 64.3 Å². The van der Waals surface area contributed by atoms with E-state index >= 15 is 0 Å². The second-order valence-corrected chi connectivity index (χ2v) is 5.65. The van der Waals surface area contributed by atoms with Gasteiger partial charge in [0, 0.05) is 0 Å². The van der Waals surface area contributed by atoms with Gasteiger partial charge in [0.05, 0.1) is 22.8 Å². The van der Waals surface area contributed by atoms with Crippen molar-refractivity contribution in [3.63, 3.8) is 0 Å². The number of hydrogen-bond donors (Lipinski definition) is 0. The van der Waals surface area contributed by atoms with Gasteiger partial charge >= 0.3 is 0 Å². The van der Waals surface area contributed by atoms with Gasteiger partial charge in [-0.15, -0.1) is 0 Å². The van der Waals surface area contributed by atoms with E-state index < -0.39 is 0 Å². The number of benzene rings is 1. The summed E-state index contributed by atoms with van der Waals surface area (Å²) >= 11 is 0. The van der Waals surface area contributed by atoms with Crippen molar-refractivity contribution in [2.75, 3.05) is 0 Å². The molecule has 1 aromatic rings. The first-order valence-corrected chi connectivity index (χ1v) is 7.44. The van der Waals surface area contributed by atoms with Crippen molar-refractivity contribution in [3.05, 3.63) is 65.4 Å². The van der Waals surface area contributed by atoms with Gasteiger partial charge in [-0.25, -0.2) is 0 Å². The Morgan fingerprint density at radius 2 is 1.55 bits per heavy atom. The maximum atomic E-state index is 4.76. The summed E-state index contributed by atoms with van der Waals surface area (Å²) in [6.07, 6.45) is 1.80. The van der Waals surface area contributed by atoms with E-state index in [1.54, 1.807) is 6.08 Å². The van der Waals surface area contributed by atoms with Crippen LogP contribution < -0.4 is 0 Å². The SMILES string of the molecule is C=C/C(C)=C(/N=C(C)C(C)=Nc1c(C)cccc1C)C(=C)C. The number of hydrogen-bond acceptors (Lipinski definition) is 2. The highest BCUT2D eigenvalue weighted by molar-refractivity contribution is 6.41. The molecule has 2 nitrogen and oxygen atoms in total. The van der Waals surface area contributed by atoms with Gasteiger partial charge in [-0.2, -0.15) is 0 Å². The molecule has 0 atom stereocenters. The smallest absolute Gasteiger partial charge is 0.0691 e. The number of aliphatic imine (C=N–C) groups is 2. The zero-order valence-electron chi connectivity index (χ0n) is 14.6. The highest BCUT2D eigenvalue weighted by Crippen LogP contribution is 2.23. The molecule has 0 spiro atoms. The lowest BCUT2D eigenvalue weighted by Gasteiger charge is -2.09. The van der Waals surface area contributed by atoms with Crippen LogP contribution >= 0.6 is 0 Å². The topological polar surface area (TPSA) is 24.7 Å². The number of nitrogens with zero attached hydrogens (tertiary/aromatic N) is 2. The fraction of sp³-hybridized carbons (Fsp3) is 0.300. The highest BCUT2D eigenvalue weighted by Gasteiger charge is 2.06. The van der Waals surface area contributed by atoms with Crippen LogP contribution in [0.2, 0.25) is 0 Å². The van der Waals surface area contributed by atoms with Gasteiger partial charge in [-0.05, 0) is 63.8 Å². The first-order chi connectivity index (χ1) is 10.3. The van der Waals surface area contributed by atoms with Crippen molar-refractivity contribution < 1.29 is 0 Å². The minimum Gasteiger partial charge on any atom is -0.251 e. The molecule has 2 heteroatoms. The molecular formula is C20H26N2. The Morgan fingerprint density at radius 1 is 1.00 bits per heavy atom. The molecule has 1 rings (SSSR count). The van der Waals surface area contributed by atoms with Crippen molar-refractivity contribution in [3.8, 4) is 0 Å². The Balaban J connectivity index is 3.30. The van der Waals surface area contributed by atoms with Crippen LogP contribution in [-0.2, 0) is 0 Å². The van der Waals surface area contributed by atoms with E-state index in [4.69, 9.17) is 9.98 Å². The molecule has 1 aromatic carbocycles. The third-order valence-corrected chi connectivity index (χ3v) is 3.61. The molecule has 0 saturated heterocycles. The second-order valence-electron chi connectivity index (χ2n) is 5.65. The predicted molar refractivity (Wildman–Crippen MR) is 99.5 cm³/mol. The molecule has 0 unspecified atom stereocenters. The lowest BCUT2D eigenvalue weighted by atomic mass is 10.1. The van der Waals surface area contributed by atoms with Gasteiger partial charge in [0.1, 0.15) is 0 Å². The zero-order chi connectivity index (χ0) is 16.9. The molecule has 0 aliphatic rings. The van der Waals surface area contributed by atoms with Crippen molar-refractivity contribution in [2.24, 2.45) is 9.98 Å². The molecule has 0 fully saturated rings. The Labute approximate surface area is 134 Å². The van der Waals surface area contributed by atoms with E-state index in [0.29, 0.717) is 0 Å². The molecule has 0 bridgehead atoms. The predicted octanol–water partition coefficient (Wildman–Crippen LogP) is 5.89. The summed E-state index contributed by atoms with van der Waals surface area (Å²) < 4.78 is 0. The molecule has 22 heavy (non-hydrogen) atoms. The van der Waals surface area contributed by atoms with Crippen LogP contribution in [0.25, 0.3) is 0 Å². The number of aryl methyl sites for hydroxylation is 2. The molecule has 0 amide bonds. The Kier molecular flexibility index (Phi) is 6.24. The summed E-state index contributed by atoms with van der Waals surface area (Å²) in [6, 6.07) is 6.20. The first kappa shape index (κ1) is 17.8. The van der Waals surface area contributed by atoms with E-state index in [2.05, 4.69) is 45.2 Å². The number of allylic oxidation sites excluding steroid dienone is 3. The minimum absolute atomic E-state index is 0.878. The molecule has 0 radical (unpaired) electrons. The molecule has 0 aliphatic heterocycles. The summed E-state index contributed by atoms with van der Waals surface area (Å²) in [6.45, 7) is 19.9. The van der Waals surface area contributed by atoms with Crippen molar-refractivity contribution >= 4 is 17.1 Å². The standard InChI is InChI=1S/C20H26N2/c1-9-14(4)19(13(2)3)21-17(7)18(8)22-20-15(5)11-10-12-16(20)6/h9-12H,1-2H2,3-8H3/b19-14+,21-17?,22-18?. The van der Waals surface area contributed by atoms with Crippen molar-refractivity contribution in [1.29, 1.82) is 0 Å².